The lowest BCUT2D eigenvalue weighted by molar-refractivity contribution is 0.0945. The minimum Gasteiger partial charge on any atom is -0.385 e. The number of anilines is 1. The van der Waals surface area contributed by atoms with Gasteiger partial charge in [0, 0.05) is 25.8 Å². The van der Waals surface area contributed by atoms with Crippen molar-refractivity contribution in [1.29, 1.82) is 0 Å². The van der Waals surface area contributed by atoms with E-state index in [0.29, 0.717) is 52.7 Å². The SMILES string of the molecule is COCCCNC(=O)c1ccc2c(c1)N(Cc1cc(C)ccc1C)C(=O)c1ccccc1[S@@]2=O. The van der Waals surface area contributed by atoms with Crippen molar-refractivity contribution in [1.82, 2.24) is 5.32 Å². The number of benzene rings is 3. The van der Waals surface area contributed by atoms with Gasteiger partial charge in [-0.3, -0.25) is 9.59 Å². The van der Waals surface area contributed by atoms with Gasteiger partial charge in [0.15, 0.2) is 0 Å². The first kappa shape index (κ1) is 23.9. The van der Waals surface area contributed by atoms with Gasteiger partial charge in [-0.25, -0.2) is 4.21 Å². The van der Waals surface area contributed by atoms with Gasteiger partial charge in [0.05, 0.1) is 38.4 Å². The van der Waals surface area contributed by atoms with Crippen molar-refractivity contribution in [3.05, 3.63) is 88.5 Å². The van der Waals surface area contributed by atoms with Crippen molar-refractivity contribution in [3.63, 3.8) is 0 Å². The average molecular weight is 477 g/mol. The summed E-state index contributed by atoms with van der Waals surface area (Å²) in [4.78, 5) is 29.2. The van der Waals surface area contributed by atoms with Crippen LogP contribution in [0.15, 0.2) is 70.5 Å². The molecule has 176 valence electrons. The Hall–Kier alpha value is -3.29. The average Bonchev–Trinajstić information content (AvgIpc) is 2.93. The fourth-order valence-electron chi connectivity index (χ4n) is 4.02. The number of carbonyl (C=O) groups excluding carboxylic acids is 2. The Kier molecular flexibility index (Phi) is 7.24. The Morgan fingerprint density at radius 2 is 1.82 bits per heavy atom. The van der Waals surface area contributed by atoms with E-state index in [9.17, 15) is 13.8 Å². The van der Waals surface area contributed by atoms with E-state index in [0.717, 1.165) is 16.7 Å². The molecule has 1 aliphatic rings. The zero-order valence-corrected chi connectivity index (χ0v) is 20.4. The summed E-state index contributed by atoms with van der Waals surface area (Å²) in [5, 5.41) is 2.88. The van der Waals surface area contributed by atoms with Crippen LogP contribution in [0.25, 0.3) is 0 Å². The van der Waals surface area contributed by atoms with Gasteiger partial charge in [0.1, 0.15) is 0 Å². The molecule has 0 radical (unpaired) electrons. The third kappa shape index (κ3) is 4.81. The summed E-state index contributed by atoms with van der Waals surface area (Å²) < 4.78 is 18.6. The highest BCUT2D eigenvalue weighted by molar-refractivity contribution is 7.85. The molecule has 1 N–H and O–H groups in total. The number of aryl methyl sites for hydroxylation is 2. The van der Waals surface area contributed by atoms with Gasteiger partial charge < -0.3 is 15.0 Å². The standard InChI is InChI=1S/C27H28N2O4S/c1-18-9-10-19(2)21(15-18)17-29-23-16-20(26(30)28-13-6-14-33-3)11-12-25(23)34(32)24-8-5-4-7-22(24)27(29)31/h4-5,7-12,15-16H,6,13-14,17H2,1-3H3,(H,28,30)/t34-/m0/s1. The largest absolute Gasteiger partial charge is 0.385 e. The van der Waals surface area contributed by atoms with Crippen molar-refractivity contribution in [3.8, 4) is 0 Å². The molecule has 0 spiro atoms. The quantitative estimate of drug-likeness (QED) is 0.513. The van der Waals surface area contributed by atoms with Gasteiger partial charge in [-0.15, -0.1) is 0 Å². The first-order chi connectivity index (χ1) is 16.4. The third-order valence-corrected chi connectivity index (χ3v) is 7.42. The molecular formula is C27H28N2O4S. The van der Waals surface area contributed by atoms with Crippen LogP contribution in [0, 0.1) is 13.8 Å². The highest BCUT2D eigenvalue weighted by Gasteiger charge is 2.31. The Bertz CT molecular complexity index is 1270. The number of methoxy groups -OCH3 is 1. The molecule has 0 fully saturated rings. The topological polar surface area (TPSA) is 75.7 Å². The van der Waals surface area contributed by atoms with Crippen molar-refractivity contribution in [2.75, 3.05) is 25.2 Å². The Morgan fingerprint density at radius 3 is 2.62 bits per heavy atom. The second kappa shape index (κ2) is 10.3. The van der Waals surface area contributed by atoms with Crippen LogP contribution in [0.1, 0.15) is 43.8 Å². The monoisotopic (exact) mass is 476 g/mol. The van der Waals surface area contributed by atoms with E-state index in [1.807, 2.05) is 26.0 Å². The number of nitrogens with zero attached hydrogens (tertiary/aromatic N) is 1. The molecule has 0 saturated heterocycles. The van der Waals surface area contributed by atoms with Gasteiger partial charge in [-0.05, 0) is 61.7 Å². The van der Waals surface area contributed by atoms with Crippen LogP contribution in [-0.2, 0) is 22.1 Å². The molecule has 0 aliphatic carbocycles. The van der Waals surface area contributed by atoms with E-state index in [2.05, 4.69) is 11.4 Å². The van der Waals surface area contributed by atoms with Gasteiger partial charge >= 0.3 is 0 Å². The Labute approximate surface area is 202 Å². The van der Waals surface area contributed by atoms with Crippen LogP contribution in [0.4, 0.5) is 5.69 Å². The number of nitrogens with one attached hydrogen (secondary N) is 1. The van der Waals surface area contributed by atoms with Gasteiger partial charge in [-0.2, -0.15) is 0 Å². The predicted octanol–water partition coefficient (Wildman–Crippen LogP) is 4.40. The van der Waals surface area contributed by atoms with Gasteiger partial charge in [0.2, 0.25) is 0 Å². The summed E-state index contributed by atoms with van der Waals surface area (Å²) in [5.74, 6) is -0.480. The summed E-state index contributed by atoms with van der Waals surface area (Å²) in [6, 6.07) is 18.2. The maximum absolute atomic E-state index is 13.7. The molecule has 1 heterocycles. The number of carbonyl (C=O) groups is 2. The van der Waals surface area contributed by atoms with E-state index in [1.54, 1.807) is 54.5 Å². The van der Waals surface area contributed by atoms with Gasteiger partial charge in [0.25, 0.3) is 11.8 Å². The molecule has 2 amide bonds. The molecule has 7 heteroatoms. The second-order valence-electron chi connectivity index (χ2n) is 8.37. The molecule has 1 atom stereocenters. The third-order valence-electron chi connectivity index (χ3n) is 5.92. The molecule has 34 heavy (non-hydrogen) atoms. The molecule has 3 aromatic rings. The normalized spacial score (nSPS) is 14.9. The molecule has 0 aromatic heterocycles. The van der Waals surface area contributed by atoms with Crippen molar-refractivity contribution in [2.24, 2.45) is 0 Å². The van der Waals surface area contributed by atoms with Crippen LogP contribution in [0.2, 0.25) is 0 Å². The number of ether oxygens (including phenoxy) is 1. The number of hydrogen-bond acceptors (Lipinski definition) is 4. The molecular weight excluding hydrogens is 448 g/mol. The molecule has 6 nitrogen and oxygen atoms in total. The molecule has 0 saturated carbocycles. The van der Waals surface area contributed by atoms with Crippen molar-refractivity contribution >= 4 is 28.3 Å². The smallest absolute Gasteiger partial charge is 0.259 e. The van der Waals surface area contributed by atoms with E-state index < -0.39 is 10.8 Å². The summed E-state index contributed by atoms with van der Waals surface area (Å²) in [5.41, 5.74) is 4.47. The van der Waals surface area contributed by atoms with E-state index in [-0.39, 0.29) is 11.8 Å². The minimum absolute atomic E-state index is 0.235. The molecule has 1 aliphatic heterocycles. The lowest BCUT2D eigenvalue weighted by Crippen LogP contribution is -2.31. The highest BCUT2D eigenvalue weighted by Crippen LogP contribution is 2.36. The van der Waals surface area contributed by atoms with Crippen LogP contribution in [0.3, 0.4) is 0 Å². The molecule has 3 aromatic carbocycles. The summed E-state index contributed by atoms with van der Waals surface area (Å²) in [6.45, 7) is 5.36. The Balaban J connectivity index is 1.79. The minimum atomic E-state index is -1.56. The first-order valence-corrected chi connectivity index (χ1v) is 12.4. The van der Waals surface area contributed by atoms with Crippen molar-refractivity contribution in [2.45, 2.75) is 36.6 Å². The number of amides is 2. The number of fused-ring (bicyclic) bond motifs is 2. The van der Waals surface area contributed by atoms with Crippen molar-refractivity contribution < 1.29 is 18.5 Å². The zero-order valence-electron chi connectivity index (χ0n) is 19.6. The van der Waals surface area contributed by atoms with Gasteiger partial charge in [-0.1, -0.05) is 35.9 Å². The number of hydrogen-bond donors (Lipinski definition) is 1. The maximum Gasteiger partial charge on any atom is 0.259 e. The predicted molar refractivity (Wildman–Crippen MR) is 133 cm³/mol. The summed E-state index contributed by atoms with van der Waals surface area (Å²) in [7, 11) is 0.0622. The lowest BCUT2D eigenvalue weighted by atomic mass is 10.0. The summed E-state index contributed by atoms with van der Waals surface area (Å²) >= 11 is 0. The summed E-state index contributed by atoms with van der Waals surface area (Å²) in [6.07, 6.45) is 0.698. The zero-order chi connectivity index (χ0) is 24.2. The first-order valence-electron chi connectivity index (χ1n) is 11.2. The van der Waals surface area contributed by atoms with E-state index >= 15 is 0 Å². The molecule has 0 bridgehead atoms. The fourth-order valence-corrected chi connectivity index (χ4v) is 5.37. The fraction of sp³-hybridized carbons (Fsp3) is 0.259. The second-order valence-corrected chi connectivity index (χ2v) is 9.79. The maximum atomic E-state index is 13.7. The molecule has 0 unspecified atom stereocenters. The van der Waals surface area contributed by atoms with E-state index in [1.165, 1.54) is 0 Å². The Morgan fingerprint density at radius 1 is 1.03 bits per heavy atom. The van der Waals surface area contributed by atoms with Crippen LogP contribution in [0.5, 0.6) is 0 Å². The highest BCUT2D eigenvalue weighted by atomic mass is 32.2. The van der Waals surface area contributed by atoms with Crippen LogP contribution in [-0.4, -0.2) is 36.3 Å². The van der Waals surface area contributed by atoms with E-state index in [4.69, 9.17) is 4.74 Å². The van der Waals surface area contributed by atoms with Crippen LogP contribution < -0.4 is 10.2 Å². The molecule has 4 rings (SSSR count). The lowest BCUT2D eigenvalue weighted by Gasteiger charge is -2.24. The number of rotatable bonds is 7. The van der Waals surface area contributed by atoms with Crippen LogP contribution >= 0.6 is 0 Å².